The highest BCUT2D eigenvalue weighted by Gasteiger charge is 2.13. The van der Waals surface area contributed by atoms with Crippen LogP contribution in [0, 0.1) is 0 Å². The van der Waals surface area contributed by atoms with Crippen LogP contribution in [0.2, 0.25) is 5.02 Å². The summed E-state index contributed by atoms with van der Waals surface area (Å²) >= 11 is 6.13. The van der Waals surface area contributed by atoms with Crippen molar-refractivity contribution in [1.29, 1.82) is 0 Å². The van der Waals surface area contributed by atoms with Gasteiger partial charge in [-0.05, 0) is 6.07 Å². The van der Waals surface area contributed by atoms with E-state index in [1.165, 1.54) is 0 Å². The summed E-state index contributed by atoms with van der Waals surface area (Å²) in [5.41, 5.74) is 2.45. The lowest BCUT2D eigenvalue weighted by molar-refractivity contribution is 0.412. The molecule has 0 atom stereocenters. The van der Waals surface area contributed by atoms with Gasteiger partial charge in [-0.1, -0.05) is 47.1 Å². The topological polar surface area (TPSA) is 35.3 Å². The third-order valence-electron chi connectivity index (χ3n) is 2.79. The first-order valence-corrected chi connectivity index (χ1v) is 5.86. The average molecular weight is 260 g/mol. The predicted octanol–water partition coefficient (Wildman–Crippen LogP) is 4.16. The minimum atomic E-state index is 0.547. The Labute approximate surface area is 109 Å². The molecule has 0 radical (unpaired) electrons. The van der Waals surface area contributed by atoms with E-state index in [0.717, 1.165) is 16.6 Å². The van der Waals surface area contributed by atoms with E-state index in [2.05, 4.69) is 5.16 Å². The van der Waals surface area contributed by atoms with Gasteiger partial charge in [0.2, 0.25) is 0 Å². The number of fused-ring (bicyclic) bond motifs is 1. The van der Waals surface area contributed by atoms with Gasteiger partial charge in [0.1, 0.15) is 11.4 Å². The molecule has 0 unspecified atom stereocenters. The van der Waals surface area contributed by atoms with E-state index in [0.29, 0.717) is 16.4 Å². The van der Waals surface area contributed by atoms with E-state index >= 15 is 0 Å². The van der Waals surface area contributed by atoms with Gasteiger partial charge in [0.05, 0.1) is 17.5 Å². The molecule has 0 spiro atoms. The second kappa shape index (κ2) is 4.35. The van der Waals surface area contributed by atoms with E-state index in [4.69, 9.17) is 20.9 Å². The Kier molecular flexibility index (Phi) is 2.68. The smallest absolute Gasteiger partial charge is 0.171 e. The SMILES string of the molecule is COc1cc2onc(-c3ccccc3)c2cc1Cl. The summed E-state index contributed by atoms with van der Waals surface area (Å²) in [6.07, 6.45) is 0. The molecule has 1 heterocycles. The number of methoxy groups -OCH3 is 1. The molecule has 0 aliphatic heterocycles. The Hall–Kier alpha value is -2.00. The zero-order chi connectivity index (χ0) is 12.5. The predicted molar refractivity (Wildman–Crippen MR) is 71.0 cm³/mol. The largest absolute Gasteiger partial charge is 0.495 e. The molecule has 0 aliphatic rings. The van der Waals surface area contributed by atoms with E-state index < -0.39 is 0 Å². The van der Waals surface area contributed by atoms with E-state index in [1.807, 2.05) is 36.4 Å². The summed E-state index contributed by atoms with van der Waals surface area (Å²) in [5, 5.41) is 5.52. The van der Waals surface area contributed by atoms with Crippen LogP contribution in [0.3, 0.4) is 0 Å². The van der Waals surface area contributed by atoms with Crippen molar-refractivity contribution in [1.82, 2.24) is 5.16 Å². The average Bonchev–Trinajstić information content (AvgIpc) is 2.81. The molecule has 0 N–H and O–H groups in total. The zero-order valence-corrected chi connectivity index (χ0v) is 10.4. The van der Waals surface area contributed by atoms with Crippen molar-refractivity contribution in [3.63, 3.8) is 0 Å². The summed E-state index contributed by atoms with van der Waals surface area (Å²) in [7, 11) is 1.57. The highest BCUT2D eigenvalue weighted by atomic mass is 35.5. The molecular formula is C14H10ClNO2. The quantitative estimate of drug-likeness (QED) is 0.693. The molecule has 18 heavy (non-hydrogen) atoms. The van der Waals surface area contributed by atoms with E-state index in [1.54, 1.807) is 13.2 Å². The molecule has 2 aromatic carbocycles. The number of hydrogen-bond donors (Lipinski definition) is 0. The Morgan fingerprint density at radius 3 is 2.67 bits per heavy atom. The molecule has 0 amide bonds. The van der Waals surface area contributed by atoms with Gasteiger partial charge in [0.25, 0.3) is 0 Å². The Bertz CT molecular complexity index is 692. The molecule has 0 saturated carbocycles. The van der Waals surface area contributed by atoms with Crippen LogP contribution in [0.5, 0.6) is 5.75 Å². The first-order chi connectivity index (χ1) is 8.79. The maximum Gasteiger partial charge on any atom is 0.171 e. The van der Waals surface area contributed by atoms with Crippen molar-refractivity contribution in [2.45, 2.75) is 0 Å². The molecule has 3 rings (SSSR count). The first kappa shape index (κ1) is 11.1. The van der Waals surface area contributed by atoms with Gasteiger partial charge in [0, 0.05) is 11.6 Å². The minimum absolute atomic E-state index is 0.547. The monoisotopic (exact) mass is 259 g/mol. The second-order valence-electron chi connectivity index (χ2n) is 3.88. The molecule has 0 bridgehead atoms. The highest BCUT2D eigenvalue weighted by Crippen LogP contribution is 2.35. The van der Waals surface area contributed by atoms with Gasteiger partial charge < -0.3 is 9.26 Å². The Morgan fingerprint density at radius 1 is 1.17 bits per heavy atom. The number of rotatable bonds is 2. The first-order valence-electron chi connectivity index (χ1n) is 5.48. The molecule has 0 saturated heterocycles. The fourth-order valence-electron chi connectivity index (χ4n) is 1.90. The van der Waals surface area contributed by atoms with Crippen LogP contribution >= 0.6 is 11.6 Å². The number of hydrogen-bond acceptors (Lipinski definition) is 3. The lowest BCUT2D eigenvalue weighted by Gasteiger charge is -2.02. The van der Waals surface area contributed by atoms with Crippen molar-refractivity contribution >= 4 is 22.6 Å². The van der Waals surface area contributed by atoms with Crippen molar-refractivity contribution < 1.29 is 9.26 Å². The molecular weight excluding hydrogens is 250 g/mol. The fourth-order valence-corrected chi connectivity index (χ4v) is 2.14. The maximum atomic E-state index is 6.13. The summed E-state index contributed by atoms with van der Waals surface area (Å²) in [6.45, 7) is 0. The third kappa shape index (κ3) is 1.73. The molecule has 0 aliphatic carbocycles. The Balaban J connectivity index is 2.24. The Morgan fingerprint density at radius 2 is 1.94 bits per heavy atom. The summed E-state index contributed by atoms with van der Waals surface area (Å²) in [5.74, 6) is 0.583. The van der Waals surface area contributed by atoms with Crippen LogP contribution in [0.15, 0.2) is 47.0 Å². The molecule has 3 nitrogen and oxygen atoms in total. The van der Waals surface area contributed by atoms with Crippen LogP contribution < -0.4 is 4.74 Å². The molecule has 90 valence electrons. The van der Waals surface area contributed by atoms with Crippen LogP contribution in [-0.4, -0.2) is 12.3 Å². The van der Waals surface area contributed by atoms with Gasteiger partial charge in [-0.3, -0.25) is 0 Å². The lowest BCUT2D eigenvalue weighted by atomic mass is 10.1. The van der Waals surface area contributed by atoms with Crippen molar-refractivity contribution in [3.8, 4) is 17.0 Å². The summed E-state index contributed by atoms with van der Waals surface area (Å²) in [6, 6.07) is 13.4. The maximum absolute atomic E-state index is 6.13. The van der Waals surface area contributed by atoms with Gasteiger partial charge in [-0.15, -0.1) is 0 Å². The molecule has 4 heteroatoms. The van der Waals surface area contributed by atoms with Crippen LogP contribution in [0.4, 0.5) is 0 Å². The third-order valence-corrected chi connectivity index (χ3v) is 3.09. The van der Waals surface area contributed by atoms with Gasteiger partial charge in [0.15, 0.2) is 5.58 Å². The van der Waals surface area contributed by atoms with Crippen LogP contribution in [-0.2, 0) is 0 Å². The normalized spacial score (nSPS) is 10.8. The lowest BCUT2D eigenvalue weighted by Crippen LogP contribution is -1.83. The summed E-state index contributed by atoms with van der Waals surface area (Å²) < 4.78 is 10.5. The van der Waals surface area contributed by atoms with E-state index in [9.17, 15) is 0 Å². The minimum Gasteiger partial charge on any atom is -0.495 e. The van der Waals surface area contributed by atoms with Gasteiger partial charge >= 0.3 is 0 Å². The van der Waals surface area contributed by atoms with Gasteiger partial charge in [-0.2, -0.15) is 0 Å². The number of halogens is 1. The number of aromatic nitrogens is 1. The molecule has 3 aromatic rings. The number of ether oxygens (including phenoxy) is 1. The van der Waals surface area contributed by atoms with E-state index in [-0.39, 0.29) is 0 Å². The molecule has 0 fully saturated rings. The highest BCUT2D eigenvalue weighted by molar-refractivity contribution is 6.33. The second-order valence-corrected chi connectivity index (χ2v) is 4.29. The number of benzene rings is 2. The summed E-state index contributed by atoms with van der Waals surface area (Å²) in [4.78, 5) is 0. The van der Waals surface area contributed by atoms with Crippen molar-refractivity contribution in [2.75, 3.05) is 7.11 Å². The van der Waals surface area contributed by atoms with Crippen LogP contribution in [0.1, 0.15) is 0 Å². The molecule has 1 aromatic heterocycles. The van der Waals surface area contributed by atoms with Crippen molar-refractivity contribution in [2.24, 2.45) is 0 Å². The van der Waals surface area contributed by atoms with Gasteiger partial charge in [-0.25, -0.2) is 0 Å². The number of nitrogens with zero attached hydrogens (tertiary/aromatic N) is 1. The van der Waals surface area contributed by atoms with Crippen LogP contribution in [0.25, 0.3) is 22.2 Å². The van der Waals surface area contributed by atoms with Crippen molar-refractivity contribution in [3.05, 3.63) is 47.5 Å². The zero-order valence-electron chi connectivity index (χ0n) is 9.68. The standard InChI is InChI=1S/C14H10ClNO2/c1-17-13-8-12-10(7-11(13)15)14(16-18-12)9-5-3-2-4-6-9/h2-8H,1H3. The fraction of sp³-hybridized carbons (Fsp3) is 0.0714.